The van der Waals surface area contributed by atoms with Crippen LogP contribution in [0.3, 0.4) is 0 Å². The van der Waals surface area contributed by atoms with Crippen molar-refractivity contribution in [2.24, 2.45) is 0 Å². The normalized spacial score (nSPS) is 10.1. The van der Waals surface area contributed by atoms with Crippen LogP contribution in [0.4, 0.5) is 0 Å². The van der Waals surface area contributed by atoms with Crippen LogP contribution in [0.1, 0.15) is 38.7 Å². The molecular formula is C13H18O3. The summed E-state index contributed by atoms with van der Waals surface area (Å²) in [5.74, 6) is 0.0288. The van der Waals surface area contributed by atoms with E-state index in [1.165, 1.54) is 0 Å². The highest BCUT2D eigenvalue weighted by Gasteiger charge is 2.10. The van der Waals surface area contributed by atoms with Crippen LogP contribution in [0.25, 0.3) is 0 Å². The number of rotatable bonds is 5. The summed E-state index contributed by atoms with van der Waals surface area (Å²) in [6.45, 7) is 3.82. The molecule has 0 atom stereocenters. The lowest BCUT2D eigenvalue weighted by atomic mass is 10.1. The Kier molecular flexibility index (Phi) is 4.83. The maximum atomic E-state index is 11.1. The Morgan fingerprint density at radius 3 is 2.75 bits per heavy atom. The van der Waals surface area contributed by atoms with Crippen molar-refractivity contribution >= 4 is 5.97 Å². The monoisotopic (exact) mass is 222 g/mol. The van der Waals surface area contributed by atoms with Gasteiger partial charge < -0.3 is 9.84 Å². The van der Waals surface area contributed by atoms with E-state index in [4.69, 9.17) is 4.74 Å². The first-order chi connectivity index (χ1) is 7.69. The molecule has 0 spiro atoms. The molecule has 0 bridgehead atoms. The molecule has 1 N–H and O–H groups in total. The zero-order valence-corrected chi connectivity index (χ0v) is 9.82. The number of benzene rings is 1. The molecular weight excluding hydrogens is 204 g/mol. The molecule has 0 amide bonds. The fourth-order valence-electron chi connectivity index (χ4n) is 1.41. The molecule has 0 radical (unpaired) electrons. The van der Waals surface area contributed by atoms with Crippen LogP contribution in [0.2, 0.25) is 0 Å². The molecule has 0 aliphatic rings. The van der Waals surface area contributed by atoms with Crippen LogP contribution in [0.5, 0.6) is 11.5 Å². The summed E-state index contributed by atoms with van der Waals surface area (Å²) in [6.07, 6.45) is 3.19. The van der Waals surface area contributed by atoms with Gasteiger partial charge in [0, 0.05) is 6.42 Å². The predicted octanol–water partition coefficient (Wildman–Crippen LogP) is 3.05. The van der Waals surface area contributed by atoms with Crippen LogP contribution in [0, 0.1) is 0 Å². The lowest BCUT2D eigenvalue weighted by Gasteiger charge is -2.09. The molecule has 1 aromatic rings. The van der Waals surface area contributed by atoms with E-state index in [1.54, 1.807) is 19.1 Å². The smallest absolute Gasteiger partial charge is 0.311 e. The van der Waals surface area contributed by atoms with Gasteiger partial charge in [-0.3, -0.25) is 4.79 Å². The van der Waals surface area contributed by atoms with Gasteiger partial charge in [0.1, 0.15) is 0 Å². The molecule has 3 heteroatoms. The fraction of sp³-hybridized carbons (Fsp3) is 0.462. The van der Waals surface area contributed by atoms with E-state index in [1.807, 2.05) is 6.07 Å². The average Bonchev–Trinajstić information content (AvgIpc) is 2.30. The highest BCUT2D eigenvalue weighted by molar-refractivity contribution is 5.73. The van der Waals surface area contributed by atoms with Crippen LogP contribution >= 0.6 is 0 Å². The highest BCUT2D eigenvalue weighted by Crippen LogP contribution is 2.30. The molecule has 1 rings (SSSR count). The van der Waals surface area contributed by atoms with Gasteiger partial charge in [-0.1, -0.05) is 32.4 Å². The van der Waals surface area contributed by atoms with Gasteiger partial charge in [-0.15, -0.1) is 0 Å². The quantitative estimate of drug-likeness (QED) is 0.615. The minimum Gasteiger partial charge on any atom is -0.504 e. The second-order valence-corrected chi connectivity index (χ2v) is 3.70. The Bertz CT molecular complexity index is 358. The maximum absolute atomic E-state index is 11.1. The number of carbonyl (C=O) groups excluding carboxylic acids is 1. The Morgan fingerprint density at radius 1 is 1.38 bits per heavy atom. The summed E-state index contributed by atoms with van der Waals surface area (Å²) in [7, 11) is 0. The van der Waals surface area contributed by atoms with Crippen molar-refractivity contribution in [2.75, 3.05) is 0 Å². The molecule has 3 nitrogen and oxygen atoms in total. The molecule has 0 unspecified atom stereocenters. The summed E-state index contributed by atoms with van der Waals surface area (Å²) in [6, 6.07) is 5.26. The number of carbonyl (C=O) groups is 1. The zero-order valence-electron chi connectivity index (χ0n) is 9.82. The minimum atomic E-state index is -0.331. The number of phenols is 1. The molecule has 0 aromatic heterocycles. The summed E-state index contributed by atoms with van der Waals surface area (Å²) in [5, 5.41) is 9.88. The molecule has 0 saturated heterocycles. The zero-order chi connectivity index (χ0) is 12.0. The largest absolute Gasteiger partial charge is 0.504 e. The topological polar surface area (TPSA) is 46.5 Å². The van der Waals surface area contributed by atoms with Gasteiger partial charge in [-0.05, 0) is 24.5 Å². The Labute approximate surface area is 96.1 Å². The third-order valence-corrected chi connectivity index (χ3v) is 2.39. The van der Waals surface area contributed by atoms with Gasteiger partial charge in [0.15, 0.2) is 11.5 Å². The Hall–Kier alpha value is -1.51. The highest BCUT2D eigenvalue weighted by atomic mass is 16.5. The first-order valence-corrected chi connectivity index (χ1v) is 5.70. The number of para-hydroxylation sites is 1. The Morgan fingerprint density at radius 2 is 2.12 bits per heavy atom. The number of hydrogen-bond donors (Lipinski definition) is 1. The lowest BCUT2D eigenvalue weighted by Crippen LogP contribution is -2.06. The second kappa shape index (κ2) is 6.16. The van der Waals surface area contributed by atoms with Gasteiger partial charge in [0.05, 0.1) is 0 Å². The molecule has 16 heavy (non-hydrogen) atoms. The number of phenolic OH excluding ortho intramolecular Hbond substituents is 1. The molecule has 88 valence electrons. The third kappa shape index (κ3) is 3.26. The van der Waals surface area contributed by atoms with Crippen molar-refractivity contribution < 1.29 is 14.6 Å². The van der Waals surface area contributed by atoms with E-state index in [0.717, 1.165) is 24.8 Å². The van der Waals surface area contributed by atoms with Crippen LogP contribution in [-0.2, 0) is 11.2 Å². The molecule has 0 fully saturated rings. The number of ether oxygens (including phenoxy) is 1. The number of hydrogen-bond acceptors (Lipinski definition) is 3. The first-order valence-electron chi connectivity index (χ1n) is 5.70. The summed E-state index contributed by atoms with van der Waals surface area (Å²) in [5.41, 5.74) is 0.836. The minimum absolute atomic E-state index is 0.0951. The molecule has 0 aliphatic heterocycles. The second-order valence-electron chi connectivity index (χ2n) is 3.70. The van der Waals surface area contributed by atoms with Crippen molar-refractivity contribution in [3.63, 3.8) is 0 Å². The van der Waals surface area contributed by atoms with Crippen molar-refractivity contribution in [1.82, 2.24) is 0 Å². The third-order valence-electron chi connectivity index (χ3n) is 2.39. The molecule has 0 aliphatic carbocycles. The van der Waals surface area contributed by atoms with Gasteiger partial charge in [0.25, 0.3) is 0 Å². The van der Waals surface area contributed by atoms with E-state index in [-0.39, 0.29) is 17.5 Å². The molecule has 0 saturated carbocycles. The van der Waals surface area contributed by atoms with E-state index >= 15 is 0 Å². The molecule has 1 aromatic carbocycles. The summed E-state index contributed by atoms with van der Waals surface area (Å²) < 4.78 is 5.03. The van der Waals surface area contributed by atoms with E-state index in [2.05, 4.69) is 6.92 Å². The average molecular weight is 222 g/mol. The van der Waals surface area contributed by atoms with Gasteiger partial charge >= 0.3 is 5.97 Å². The van der Waals surface area contributed by atoms with Crippen LogP contribution < -0.4 is 4.74 Å². The maximum Gasteiger partial charge on any atom is 0.311 e. The van der Waals surface area contributed by atoms with Crippen LogP contribution in [-0.4, -0.2) is 11.1 Å². The standard InChI is InChI=1S/C13H18O3/c1-3-5-7-10-8-6-9-11(13(10)15)16-12(14)4-2/h6,8-9,15H,3-5,7H2,1-2H3. The van der Waals surface area contributed by atoms with Gasteiger partial charge in [-0.25, -0.2) is 0 Å². The van der Waals surface area contributed by atoms with Crippen LogP contribution in [0.15, 0.2) is 18.2 Å². The predicted molar refractivity (Wildman–Crippen MR) is 62.6 cm³/mol. The SMILES string of the molecule is CCCCc1cccc(OC(=O)CC)c1O. The van der Waals surface area contributed by atoms with Gasteiger partial charge in [0.2, 0.25) is 0 Å². The van der Waals surface area contributed by atoms with E-state index < -0.39 is 0 Å². The number of unbranched alkanes of at least 4 members (excludes halogenated alkanes) is 1. The Balaban J connectivity index is 2.81. The van der Waals surface area contributed by atoms with Crippen molar-refractivity contribution in [3.05, 3.63) is 23.8 Å². The van der Waals surface area contributed by atoms with Crippen molar-refractivity contribution in [2.45, 2.75) is 39.5 Å². The van der Waals surface area contributed by atoms with E-state index in [9.17, 15) is 9.90 Å². The van der Waals surface area contributed by atoms with Crippen molar-refractivity contribution in [1.29, 1.82) is 0 Å². The summed E-state index contributed by atoms with van der Waals surface area (Å²) >= 11 is 0. The lowest BCUT2D eigenvalue weighted by molar-refractivity contribution is -0.134. The van der Waals surface area contributed by atoms with Crippen molar-refractivity contribution in [3.8, 4) is 11.5 Å². The number of aryl methyl sites for hydroxylation is 1. The molecule has 0 heterocycles. The first kappa shape index (κ1) is 12.6. The van der Waals surface area contributed by atoms with E-state index in [0.29, 0.717) is 6.42 Å². The number of esters is 1. The van der Waals surface area contributed by atoms with Gasteiger partial charge in [-0.2, -0.15) is 0 Å². The number of aromatic hydroxyl groups is 1. The fourth-order valence-corrected chi connectivity index (χ4v) is 1.41. The summed E-state index contributed by atoms with van der Waals surface area (Å²) in [4.78, 5) is 11.1.